The fourth-order valence-electron chi connectivity index (χ4n) is 3.08. The summed E-state index contributed by atoms with van der Waals surface area (Å²) in [7, 11) is 1.63. The molecule has 1 fully saturated rings. The van der Waals surface area contributed by atoms with Crippen molar-refractivity contribution in [3.63, 3.8) is 0 Å². The summed E-state index contributed by atoms with van der Waals surface area (Å²) in [5.41, 5.74) is 1.82. The van der Waals surface area contributed by atoms with Crippen molar-refractivity contribution in [2.24, 2.45) is 5.92 Å². The number of carbonyl (C=O) groups is 2. The highest BCUT2D eigenvalue weighted by atomic mass is 32.1. The maximum atomic E-state index is 12.5. The SMILES string of the molecule is COc1ccc(-c2nc(NC(=O)C3CC(=O)N(C(C)C)C3)sc2C)cc1. The zero-order chi connectivity index (χ0) is 18.8. The molecule has 0 aliphatic carbocycles. The quantitative estimate of drug-likeness (QED) is 0.873. The molecule has 138 valence electrons. The Kier molecular flexibility index (Phi) is 5.27. The number of methoxy groups -OCH3 is 1. The first kappa shape index (κ1) is 18.4. The molecule has 0 bridgehead atoms. The number of aryl methyl sites for hydroxylation is 1. The minimum absolute atomic E-state index is 0.0365. The average molecular weight is 373 g/mol. The Morgan fingerprint density at radius 2 is 2.04 bits per heavy atom. The third kappa shape index (κ3) is 3.72. The van der Waals surface area contributed by atoms with Crippen LogP contribution in [-0.2, 0) is 9.59 Å². The molecule has 26 heavy (non-hydrogen) atoms. The van der Waals surface area contributed by atoms with Crippen LogP contribution in [0.3, 0.4) is 0 Å². The van der Waals surface area contributed by atoms with Crippen LogP contribution >= 0.6 is 11.3 Å². The molecule has 1 N–H and O–H groups in total. The van der Waals surface area contributed by atoms with Gasteiger partial charge in [0.1, 0.15) is 5.75 Å². The Morgan fingerprint density at radius 1 is 1.35 bits per heavy atom. The van der Waals surface area contributed by atoms with Crippen molar-refractivity contribution in [2.75, 3.05) is 19.0 Å². The summed E-state index contributed by atoms with van der Waals surface area (Å²) in [6.45, 7) is 6.37. The molecule has 3 rings (SSSR count). The number of nitrogens with one attached hydrogen (secondary N) is 1. The van der Waals surface area contributed by atoms with Gasteiger partial charge in [-0.05, 0) is 45.0 Å². The molecule has 0 saturated carbocycles. The Balaban J connectivity index is 1.71. The number of rotatable bonds is 5. The van der Waals surface area contributed by atoms with E-state index in [2.05, 4.69) is 10.3 Å². The number of nitrogens with zero attached hydrogens (tertiary/aromatic N) is 2. The molecule has 1 saturated heterocycles. The minimum atomic E-state index is -0.321. The lowest BCUT2D eigenvalue weighted by Crippen LogP contribution is -2.33. The van der Waals surface area contributed by atoms with Crippen LogP contribution in [-0.4, -0.2) is 41.4 Å². The van der Waals surface area contributed by atoms with Crippen molar-refractivity contribution in [1.82, 2.24) is 9.88 Å². The average Bonchev–Trinajstić information content (AvgIpc) is 3.18. The molecule has 6 nitrogen and oxygen atoms in total. The van der Waals surface area contributed by atoms with E-state index in [0.717, 1.165) is 21.9 Å². The van der Waals surface area contributed by atoms with Crippen LogP contribution in [0.4, 0.5) is 5.13 Å². The van der Waals surface area contributed by atoms with Gasteiger partial charge in [0.15, 0.2) is 5.13 Å². The molecule has 1 aromatic carbocycles. The summed E-state index contributed by atoms with van der Waals surface area (Å²) in [5, 5.41) is 3.45. The summed E-state index contributed by atoms with van der Waals surface area (Å²) < 4.78 is 5.18. The van der Waals surface area contributed by atoms with Gasteiger partial charge in [-0.2, -0.15) is 0 Å². The second-order valence-corrected chi connectivity index (χ2v) is 7.89. The van der Waals surface area contributed by atoms with Crippen molar-refractivity contribution in [3.05, 3.63) is 29.1 Å². The van der Waals surface area contributed by atoms with Gasteiger partial charge in [-0.3, -0.25) is 9.59 Å². The molecule has 1 aliphatic rings. The van der Waals surface area contributed by atoms with Gasteiger partial charge in [-0.25, -0.2) is 4.98 Å². The van der Waals surface area contributed by atoms with E-state index in [1.165, 1.54) is 11.3 Å². The third-order valence-corrected chi connectivity index (χ3v) is 5.43. The number of carbonyl (C=O) groups excluding carboxylic acids is 2. The van der Waals surface area contributed by atoms with Gasteiger partial charge in [-0.1, -0.05) is 0 Å². The molecule has 2 aromatic rings. The molecular formula is C19H23N3O3S. The first-order chi connectivity index (χ1) is 12.4. The topological polar surface area (TPSA) is 71.5 Å². The van der Waals surface area contributed by atoms with Crippen LogP contribution in [0.5, 0.6) is 5.75 Å². The van der Waals surface area contributed by atoms with E-state index in [0.29, 0.717) is 11.7 Å². The number of likely N-dealkylation sites (tertiary alicyclic amines) is 1. The molecule has 1 unspecified atom stereocenters. The van der Waals surface area contributed by atoms with Crippen molar-refractivity contribution in [1.29, 1.82) is 0 Å². The Bertz CT molecular complexity index is 814. The number of ether oxygens (including phenoxy) is 1. The highest BCUT2D eigenvalue weighted by Crippen LogP contribution is 2.32. The number of aromatic nitrogens is 1. The molecule has 1 aromatic heterocycles. The molecule has 7 heteroatoms. The lowest BCUT2D eigenvalue weighted by molar-refractivity contribution is -0.129. The van der Waals surface area contributed by atoms with Crippen LogP contribution in [0.15, 0.2) is 24.3 Å². The number of anilines is 1. The van der Waals surface area contributed by atoms with E-state index >= 15 is 0 Å². The highest BCUT2D eigenvalue weighted by Gasteiger charge is 2.35. The predicted octanol–water partition coefficient (Wildman–Crippen LogP) is 3.32. The van der Waals surface area contributed by atoms with Gasteiger partial charge in [-0.15, -0.1) is 11.3 Å². The normalized spacial score (nSPS) is 17.0. The zero-order valence-corrected chi connectivity index (χ0v) is 16.2. The third-order valence-electron chi connectivity index (χ3n) is 4.54. The maximum absolute atomic E-state index is 12.5. The monoisotopic (exact) mass is 373 g/mol. The van der Waals surface area contributed by atoms with Crippen molar-refractivity contribution in [3.8, 4) is 17.0 Å². The first-order valence-corrected chi connectivity index (χ1v) is 9.43. The summed E-state index contributed by atoms with van der Waals surface area (Å²) in [4.78, 5) is 31.9. The van der Waals surface area contributed by atoms with Crippen molar-refractivity contribution in [2.45, 2.75) is 33.2 Å². The van der Waals surface area contributed by atoms with Crippen LogP contribution < -0.4 is 10.1 Å². The van der Waals surface area contributed by atoms with Gasteiger partial charge in [0.05, 0.1) is 18.7 Å². The van der Waals surface area contributed by atoms with E-state index in [-0.39, 0.29) is 30.2 Å². The summed E-state index contributed by atoms with van der Waals surface area (Å²) >= 11 is 1.44. The second kappa shape index (κ2) is 7.45. The van der Waals surface area contributed by atoms with Crippen LogP contribution in [0.2, 0.25) is 0 Å². The number of hydrogen-bond acceptors (Lipinski definition) is 5. The molecule has 0 radical (unpaired) electrons. The summed E-state index contributed by atoms with van der Waals surface area (Å²) in [5.74, 6) is 0.361. The number of thiazole rings is 1. The van der Waals surface area contributed by atoms with E-state index in [9.17, 15) is 9.59 Å². The fraction of sp³-hybridized carbons (Fsp3) is 0.421. The Labute approximate surface area is 157 Å². The molecular weight excluding hydrogens is 350 g/mol. The second-order valence-electron chi connectivity index (χ2n) is 6.68. The van der Waals surface area contributed by atoms with E-state index < -0.39 is 0 Å². The van der Waals surface area contributed by atoms with Crippen LogP contribution in [0.1, 0.15) is 25.1 Å². The molecule has 0 spiro atoms. The fourth-order valence-corrected chi connectivity index (χ4v) is 3.92. The first-order valence-electron chi connectivity index (χ1n) is 8.61. The standard InChI is InChI=1S/C19H23N3O3S/c1-11(2)22-10-14(9-16(22)23)18(24)21-19-20-17(12(3)26-19)13-5-7-15(25-4)8-6-13/h5-8,11,14H,9-10H2,1-4H3,(H,20,21,24). The van der Waals surface area contributed by atoms with Crippen LogP contribution in [0.25, 0.3) is 11.3 Å². The Hall–Kier alpha value is -2.41. The molecule has 2 heterocycles. The maximum Gasteiger partial charge on any atom is 0.231 e. The van der Waals surface area contributed by atoms with Gasteiger partial charge < -0.3 is 15.0 Å². The van der Waals surface area contributed by atoms with Crippen LogP contribution in [0, 0.1) is 12.8 Å². The molecule has 1 aliphatic heterocycles. The Morgan fingerprint density at radius 3 is 2.62 bits per heavy atom. The highest BCUT2D eigenvalue weighted by molar-refractivity contribution is 7.16. The smallest absolute Gasteiger partial charge is 0.231 e. The van der Waals surface area contributed by atoms with Gasteiger partial charge in [0.25, 0.3) is 0 Å². The molecule has 1 atom stereocenters. The number of amides is 2. The lowest BCUT2D eigenvalue weighted by Gasteiger charge is -2.20. The van der Waals surface area contributed by atoms with E-state index in [4.69, 9.17) is 4.74 Å². The molecule has 2 amide bonds. The largest absolute Gasteiger partial charge is 0.497 e. The number of benzene rings is 1. The van der Waals surface area contributed by atoms with E-state index in [1.54, 1.807) is 12.0 Å². The minimum Gasteiger partial charge on any atom is -0.497 e. The van der Waals surface area contributed by atoms with Gasteiger partial charge >= 0.3 is 0 Å². The zero-order valence-electron chi connectivity index (χ0n) is 15.4. The van der Waals surface area contributed by atoms with Gasteiger partial charge in [0, 0.05) is 29.4 Å². The lowest BCUT2D eigenvalue weighted by atomic mass is 10.1. The van der Waals surface area contributed by atoms with Crippen molar-refractivity contribution >= 4 is 28.3 Å². The van der Waals surface area contributed by atoms with Crippen molar-refractivity contribution < 1.29 is 14.3 Å². The summed E-state index contributed by atoms with van der Waals surface area (Å²) in [6.07, 6.45) is 0.264. The summed E-state index contributed by atoms with van der Waals surface area (Å²) in [6, 6.07) is 7.78. The van der Waals surface area contributed by atoms with E-state index in [1.807, 2.05) is 45.0 Å². The van der Waals surface area contributed by atoms with Gasteiger partial charge in [0.2, 0.25) is 11.8 Å². The predicted molar refractivity (Wildman–Crippen MR) is 102 cm³/mol. The number of hydrogen-bond donors (Lipinski definition) is 1.